The van der Waals surface area contributed by atoms with Gasteiger partial charge in [0.2, 0.25) is 10.0 Å². The van der Waals surface area contributed by atoms with Crippen molar-refractivity contribution in [3.63, 3.8) is 0 Å². The lowest BCUT2D eigenvalue weighted by Crippen LogP contribution is -2.53. The minimum atomic E-state index is -4.42. The fraction of sp³-hybridized carbons (Fsp3) is 0.455. The summed E-state index contributed by atoms with van der Waals surface area (Å²) < 4.78 is 52.7. The molecule has 0 aliphatic carbocycles. The zero-order valence-corrected chi connectivity index (χ0v) is 11.5. The van der Waals surface area contributed by atoms with Crippen LogP contribution in [0.25, 0.3) is 0 Å². The molecule has 0 aromatic heterocycles. The molecule has 114 valence electrons. The number of hydrogen-bond donors (Lipinski definition) is 4. The predicted molar refractivity (Wildman–Crippen MR) is 68.3 cm³/mol. The van der Waals surface area contributed by atoms with Crippen molar-refractivity contribution in [3.8, 4) is 0 Å². The SMILES string of the molecule is CCC(CO)(CO)NS(=O)(=O)c1cc(N)c(F)cc1F. The minimum Gasteiger partial charge on any atom is -0.396 e. The molecule has 0 heterocycles. The van der Waals surface area contributed by atoms with Gasteiger partial charge in [-0.15, -0.1) is 0 Å². The summed E-state index contributed by atoms with van der Waals surface area (Å²) in [5.74, 6) is -2.39. The monoisotopic (exact) mass is 310 g/mol. The summed E-state index contributed by atoms with van der Waals surface area (Å²) in [7, 11) is -4.42. The molecule has 0 saturated heterocycles. The number of hydrogen-bond acceptors (Lipinski definition) is 5. The summed E-state index contributed by atoms with van der Waals surface area (Å²) in [5.41, 5.74) is 3.16. The number of nitrogen functional groups attached to an aromatic ring is 1. The molecular formula is C11H16F2N2O4S. The van der Waals surface area contributed by atoms with E-state index in [1.807, 2.05) is 4.72 Å². The van der Waals surface area contributed by atoms with Gasteiger partial charge in [-0.2, -0.15) is 0 Å². The van der Waals surface area contributed by atoms with Crippen molar-refractivity contribution in [2.24, 2.45) is 0 Å². The van der Waals surface area contributed by atoms with Crippen LogP contribution in [0, 0.1) is 11.6 Å². The van der Waals surface area contributed by atoms with Gasteiger partial charge in [0, 0.05) is 6.07 Å². The van der Waals surface area contributed by atoms with Crippen molar-refractivity contribution in [2.45, 2.75) is 23.8 Å². The van der Waals surface area contributed by atoms with Gasteiger partial charge >= 0.3 is 0 Å². The van der Waals surface area contributed by atoms with Crippen molar-refractivity contribution in [1.82, 2.24) is 4.72 Å². The number of anilines is 1. The van der Waals surface area contributed by atoms with E-state index in [-0.39, 0.29) is 6.42 Å². The van der Waals surface area contributed by atoms with Gasteiger partial charge in [-0.3, -0.25) is 0 Å². The number of sulfonamides is 1. The minimum absolute atomic E-state index is 0.0670. The van der Waals surface area contributed by atoms with Crippen LogP contribution in [0.5, 0.6) is 0 Å². The van der Waals surface area contributed by atoms with E-state index in [9.17, 15) is 27.4 Å². The Kier molecular flexibility index (Phi) is 5.03. The maximum Gasteiger partial charge on any atom is 0.244 e. The maximum atomic E-state index is 13.6. The number of aliphatic hydroxyl groups excluding tert-OH is 2. The Balaban J connectivity index is 3.28. The van der Waals surface area contributed by atoms with Gasteiger partial charge < -0.3 is 15.9 Å². The third-order valence-corrected chi connectivity index (χ3v) is 4.57. The first kappa shape index (κ1) is 16.8. The van der Waals surface area contributed by atoms with Gasteiger partial charge in [0.05, 0.1) is 24.4 Å². The van der Waals surface area contributed by atoms with Crippen LogP contribution >= 0.6 is 0 Å². The quantitative estimate of drug-likeness (QED) is 0.551. The molecule has 1 rings (SSSR count). The molecule has 0 aliphatic rings. The molecule has 20 heavy (non-hydrogen) atoms. The number of aliphatic hydroxyl groups is 2. The molecule has 0 saturated carbocycles. The highest BCUT2D eigenvalue weighted by Crippen LogP contribution is 2.23. The van der Waals surface area contributed by atoms with Gasteiger partial charge in [-0.1, -0.05) is 6.92 Å². The van der Waals surface area contributed by atoms with Crippen LogP contribution < -0.4 is 10.5 Å². The Morgan fingerprint density at radius 2 is 1.80 bits per heavy atom. The molecule has 1 aromatic rings. The molecule has 0 unspecified atom stereocenters. The van der Waals surface area contributed by atoms with Crippen LogP contribution in [0.2, 0.25) is 0 Å². The van der Waals surface area contributed by atoms with Gasteiger partial charge in [0.15, 0.2) is 0 Å². The lowest BCUT2D eigenvalue weighted by Gasteiger charge is -2.29. The van der Waals surface area contributed by atoms with Crippen LogP contribution in [-0.2, 0) is 10.0 Å². The predicted octanol–water partition coefficient (Wildman–Crippen LogP) is -0.0413. The lowest BCUT2D eigenvalue weighted by molar-refractivity contribution is 0.105. The highest BCUT2D eigenvalue weighted by molar-refractivity contribution is 7.89. The van der Waals surface area contributed by atoms with Crippen LogP contribution in [0.1, 0.15) is 13.3 Å². The average molecular weight is 310 g/mol. The number of halogens is 2. The number of rotatable bonds is 6. The second-order valence-electron chi connectivity index (χ2n) is 4.36. The Labute approximate surface area is 115 Å². The van der Waals surface area contributed by atoms with Gasteiger partial charge in [0.25, 0.3) is 0 Å². The van der Waals surface area contributed by atoms with Crippen LogP contribution in [0.3, 0.4) is 0 Å². The molecule has 0 spiro atoms. The number of nitrogens with one attached hydrogen (secondary N) is 1. The van der Waals surface area contributed by atoms with E-state index in [0.29, 0.717) is 12.1 Å². The van der Waals surface area contributed by atoms with E-state index in [2.05, 4.69) is 0 Å². The van der Waals surface area contributed by atoms with Gasteiger partial charge in [0.1, 0.15) is 16.5 Å². The Morgan fingerprint density at radius 1 is 1.25 bits per heavy atom. The normalized spacial score (nSPS) is 12.7. The van der Waals surface area contributed by atoms with E-state index in [0.717, 1.165) is 0 Å². The highest BCUT2D eigenvalue weighted by atomic mass is 32.2. The zero-order valence-electron chi connectivity index (χ0n) is 10.7. The molecule has 9 heteroatoms. The Hall–Kier alpha value is -1.29. The summed E-state index contributed by atoms with van der Waals surface area (Å²) in [6.07, 6.45) is 0.0670. The summed E-state index contributed by atoms with van der Waals surface area (Å²) >= 11 is 0. The van der Waals surface area contributed by atoms with E-state index in [1.165, 1.54) is 6.92 Å². The molecule has 5 N–H and O–H groups in total. The first-order chi connectivity index (χ1) is 9.21. The standard InChI is InChI=1S/C11H16F2N2O4S/c1-2-11(5-16,6-17)15-20(18,19)10-4-9(14)7(12)3-8(10)13/h3-4,15-17H,2,5-6,14H2,1H3. The topological polar surface area (TPSA) is 113 Å². The van der Waals surface area contributed by atoms with E-state index >= 15 is 0 Å². The molecule has 0 radical (unpaired) electrons. The molecule has 0 atom stereocenters. The van der Waals surface area contributed by atoms with E-state index in [1.54, 1.807) is 0 Å². The Morgan fingerprint density at radius 3 is 2.25 bits per heavy atom. The fourth-order valence-corrected chi connectivity index (χ4v) is 3.05. The first-order valence-electron chi connectivity index (χ1n) is 5.71. The smallest absolute Gasteiger partial charge is 0.244 e. The molecule has 0 fully saturated rings. The van der Waals surface area contributed by atoms with Crippen molar-refractivity contribution in [1.29, 1.82) is 0 Å². The van der Waals surface area contributed by atoms with Crippen LogP contribution in [0.15, 0.2) is 17.0 Å². The second-order valence-corrected chi connectivity index (χ2v) is 6.01. The highest BCUT2D eigenvalue weighted by Gasteiger charge is 2.34. The van der Waals surface area contributed by atoms with Crippen molar-refractivity contribution < 1.29 is 27.4 Å². The van der Waals surface area contributed by atoms with Gasteiger partial charge in [-0.25, -0.2) is 21.9 Å². The number of benzene rings is 1. The van der Waals surface area contributed by atoms with Crippen molar-refractivity contribution in [2.75, 3.05) is 18.9 Å². The average Bonchev–Trinajstić information content (AvgIpc) is 2.40. The summed E-state index contributed by atoms with van der Waals surface area (Å²) in [4.78, 5) is -0.851. The molecule has 0 aliphatic heterocycles. The largest absolute Gasteiger partial charge is 0.396 e. The fourth-order valence-electron chi connectivity index (χ4n) is 1.50. The third kappa shape index (κ3) is 3.23. The van der Waals surface area contributed by atoms with Gasteiger partial charge in [-0.05, 0) is 12.5 Å². The number of nitrogens with two attached hydrogens (primary N) is 1. The van der Waals surface area contributed by atoms with E-state index < -0.39 is 51.0 Å². The first-order valence-corrected chi connectivity index (χ1v) is 7.20. The van der Waals surface area contributed by atoms with Crippen molar-refractivity contribution >= 4 is 15.7 Å². The summed E-state index contributed by atoms with van der Waals surface area (Å²) in [6, 6.07) is 0.998. The maximum absolute atomic E-state index is 13.6. The second kappa shape index (κ2) is 6.00. The molecule has 0 bridgehead atoms. The molecular weight excluding hydrogens is 294 g/mol. The van der Waals surface area contributed by atoms with E-state index in [4.69, 9.17) is 5.73 Å². The lowest BCUT2D eigenvalue weighted by atomic mass is 10.0. The van der Waals surface area contributed by atoms with Crippen molar-refractivity contribution in [3.05, 3.63) is 23.8 Å². The Bertz CT molecular complexity index is 580. The molecule has 1 aromatic carbocycles. The molecule has 0 amide bonds. The summed E-state index contributed by atoms with van der Waals surface area (Å²) in [6.45, 7) is 0.166. The molecule has 6 nitrogen and oxygen atoms in total. The summed E-state index contributed by atoms with van der Waals surface area (Å²) in [5, 5.41) is 18.4. The van der Waals surface area contributed by atoms with Crippen LogP contribution in [0.4, 0.5) is 14.5 Å². The third-order valence-electron chi connectivity index (χ3n) is 2.97. The zero-order chi connectivity index (χ0) is 15.6. The van der Waals surface area contributed by atoms with Crippen LogP contribution in [-0.4, -0.2) is 37.4 Å².